The monoisotopic (exact) mass is 419 g/mol. The molecule has 1 aromatic carbocycles. The maximum absolute atomic E-state index is 12.0. The van der Waals surface area contributed by atoms with Crippen LogP contribution in [0, 0.1) is 0 Å². The van der Waals surface area contributed by atoms with Crippen molar-refractivity contribution < 1.29 is 13.2 Å². The zero-order valence-corrected chi connectivity index (χ0v) is 17.5. The molecule has 0 spiro atoms. The van der Waals surface area contributed by atoms with Crippen LogP contribution in [0.1, 0.15) is 19.3 Å². The van der Waals surface area contributed by atoms with Gasteiger partial charge in [-0.25, -0.2) is 8.42 Å². The lowest BCUT2D eigenvalue weighted by molar-refractivity contribution is -0.121. The van der Waals surface area contributed by atoms with Gasteiger partial charge in [-0.15, -0.1) is 0 Å². The van der Waals surface area contributed by atoms with Crippen molar-refractivity contribution in [2.45, 2.75) is 31.8 Å². The Kier molecular flexibility index (Phi) is 7.13. The Morgan fingerprint density at radius 1 is 1.21 bits per heavy atom. The number of carbonyl (C=O) groups excluding carboxylic acids is 1. The molecule has 2 aromatic rings. The summed E-state index contributed by atoms with van der Waals surface area (Å²) in [5.74, 6) is 0.714. The van der Waals surface area contributed by atoms with Gasteiger partial charge in [0.2, 0.25) is 5.91 Å². The fourth-order valence-corrected chi connectivity index (χ4v) is 5.19. The quantitative estimate of drug-likeness (QED) is 0.335. The second-order valence-corrected chi connectivity index (χ2v) is 9.49. The minimum Gasteiger partial charge on any atom is -0.356 e. The topological polar surface area (TPSA) is 105 Å². The number of hydrogen-bond donors (Lipinski definition) is 3. The maximum Gasteiger partial charge on any atom is 0.222 e. The number of nitrogens with one attached hydrogen (secondary N) is 3. The first kappa shape index (κ1) is 21.2. The van der Waals surface area contributed by atoms with Crippen molar-refractivity contribution in [2.75, 3.05) is 31.6 Å². The first-order chi connectivity index (χ1) is 14.0. The number of fused-ring (bicyclic) bond motifs is 1. The number of amides is 1. The Bertz CT molecular complexity index is 967. The summed E-state index contributed by atoms with van der Waals surface area (Å²) in [6, 6.07) is 10.2. The number of nitrogens with zero attached hydrogens (tertiary/aromatic N) is 2. The lowest BCUT2D eigenvalue weighted by atomic mass is 10.2. The zero-order chi connectivity index (χ0) is 20.7. The van der Waals surface area contributed by atoms with Crippen molar-refractivity contribution in [3.8, 4) is 0 Å². The van der Waals surface area contributed by atoms with Gasteiger partial charge < -0.3 is 20.5 Å². The number of rotatable bonds is 8. The summed E-state index contributed by atoms with van der Waals surface area (Å²) in [6.45, 7) is 2.11. The molecule has 158 valence electrons. The third-order valence-corrected chi connectivity index (χ3v) is 6.78. The van der Waals surface area contributed by atoms with E-state index in [1.54, 1.807) is 7.05 Å². The molecule has 9 heteroatoms. The number of sulfone groups is 1. The standard InChI is InChI=1S/C20H29N5O3S/c1-21-20(23-11-7-19(26)24-17-9-14-29(27,28)15-17)22-10-4-12-25-13-8-16-5-2-3-6-18(16)25/h2-3,5-6,8,13,17H,4,7,9-12,14-15H2,1H3,(H,24,26)(H2,21,22,23). The number of aliphatic imine (C=N–C) groups is 1. The molecule has 0 saturated carbocycles. The van der Waals surface area contributed by atoms with Crippen LogP contribution in [0.2, 0.25) is 0 Å². The first-order valence-corrected chi connectivity index (χ1v) is 11.8. The van der Waals surface area contributed by atoms with Gasteiger partial charge in [0, 0.05) is 50.9 Å². The van der Waals surface area contributed by atoms with E-state index in [4.69, 9.17) is 0 Å². The van der Waals surface area contributed by atoms with Gasteiger partial charge in [0.25, 0.3) is 0 Å². The van der Waals surface area contributed by atoms with Crippen LogP contribution in [0.4, 0.5) is 0 Å². The SMILES string of the molecule is CN=C(NCCCn1ccc2ccccc21)NCCC(=O)NC1CCS(=O)(=O)C1. The van der Waals surface area contributed by atoms with Crippen molar-refractivity contribution in [3.05, 3.63) is 36.5 Å². The normalized spacial score (nSPS) is 18.7. The number of hydrogen-bond acceptors (Lipinski definition) is 4. The molecule has 0 radical (unpaired) electrons. The number of guanidine groups is 1. The Morgan fingerprint density at radius 3 is 2.76 bits per heavy atom. The van der Waals surface area contributed by atoms with E-state index in [2.05, 4.69) is 49.9 Å². The molecule has 0 aliphatic carbocycles. The van der Waals surface area contributed by atoms with Gasteiger partial charge in [-0.05, 0) is 30.4 Å². The third-order valence-electron chi connectivity index (χ3n) is 5.01. The fourth-order valence-electron chi connectivity index (χ4n) is 3.52. The molecule has 1 aromatic heterocycles. The van der Waals surface area contributed by atoms with Gasteiger partial charge in [0.05, 0.1) is 11.5 Å². The van der Waals surface area contributed by atoms with E-state index in [9.17, 15) is 13.2 Å². The van der Waals surface area contributed by atoms with Gasteiger partial charge in [0.15, 0.2) is 15.8 Å². The summed E-state index contributed by atoms with van der Waals surface area (Å²) in [4.78, 5) is 16.1. The summed E-state index contributed by atoms with van der Waals surface area (Å²) in [6.07, 6.45) is 3.82. The highest BCUT2D eigenvalue weighted by molar-refractivity contribution is 7.91. The molecule has 1 unspecified atom stereocenters. The van der Waals surface area contributed by atoms with E-state index in [1.807, 2.05) is 12.1 Å². The van der Waals surface area contributed by atoms with Crippen molar-refractivity contribution in [3.63, 3.8) is 0 Å². The van der Waals surface area contributed by atoms with Gasteiger partial charge in [-0.2, -0.15) is 0 Å². The Labute approximate surface area is 171 Å². The minimum atomic E-state index is -2.98. The summed E-state index contributed by atoms with van der Waals surface area (Å²) in [5.41, 5.74) is 1.23. The zero-order valence-electron chi connectivity index (χ0n) is 16.7. The molecule has 1 aliphatic rings. The average Bonchev–Trinajstić information content (AvgIpc) is 3.26. The summed E-state index contributed by atoms with van der Waals surface area (Å²) >= 11 is 0. The minimum absolute atomic E-state index is 0.0477. The molecule has 8 nitrogen and oxygen atoms in total. The lowest BCUT2D eigenvalue weighted by Gasteiger charge is -2.14. The predicted octanol–water partition coefficient (Wildman–Crippen LogP) is 0.890. The van der Waals surface area contributed by atoms with Crippen LogP contribution >= 0.6 is 0 Å². The van der Waals surface area contributed by atoms with Gasteiger partial charge in [-0.1, -0.05) is 18.2 Å². The summed E-state index contributed by atoms with van der Waals surface area (Å²) in [5, 5.41) is 10.4. The van der Waals surface area contributed by atoms with Crippen LogP contribution in [0.5, 0.6) is 0 Å². The molecule has 2 heterocycles. The second kappa shape index (κ2) is 9.78. The molecule has 0 bridgehead atoms. The molecule has 3 rings (SSSR count). The van der Waals surface area contributed by atoms with Crippen LogP contribution in [0.3, 0.4) is 0 Å². The highest BCUT2D eigenvalue weighted by Crippen LogP contribution is 2.15. The molecule has 1 fully saturated rings. The van der Waals surface area contributed by atoms with Crippen LogP contribution < -0.4 is 16.0 Å². The fraction of sp³-hybridized carbons (Fsp3) is 0.500. The molecule has 1 saturated heterocycles. The second-order valence-electron chi connectivity index (χ2n) is 7.26. The Hall–Kier alpha value is -2.55. The molecular formula is C20H29N5O3S. The smallest absolute Gasteiger partial charge is 0.222 e. The Morgan fingerprint density at radius 2 is 2.00 bits per heavy atom. The highest BCUT2D eigenvalue weighted by atomic mass is 32.2. The van der Waals surface area contributed by atoms with Crippen LogP contribution in [-0.2, 0) is 21.2 Å². The predicted molar refractivity (Wildman–Crippen MR) is 116 cm³/mol. The molecule has 29 heavy (non-hydrogen) atoms. The first-order valence-electron chi connectivity index (χ1n) is 9.95. The number of carbonyl (C=O) groups is 1. The van der Waals surface area contributed by atoms with Crippen molar-refractivity contribution in [2.24, 2.45) is 4.99 Å². The largest absolute Gasteiger partial charge is 0.356 e. The number of para-hydroxylation sites is 1. The van der Waals surface area contributed by atoms with E-state index >= 15 is 0 Å². The van der Waals surface area contributed by atoms with Crippen molar-refractivity contribution >= 4 is 32.6 Å². The third kappa shape index (κ3) is 6.22. The maximum atomic E-state index is 12.0. The van der Waals surface area contributed by atoms with Gasteiger partial charge >= 0.3 is 0 Å². The number of benzene rings is 1. The van der Waals surface area contributed by atoms with Crippen LogP contribution in [0.25, 0.3) is 10.9 Å². The van der Waals surface area contributed by atoms with E-state index in [0.717, 1.165) is 19.5 Å². The molecular weight excluding hydrogens is 390 g/mol. The van der Waals surface area contributed by atoms with Crippen LogP contribution in [0.15, 0.2) is 41.5 Å². The summed E-state index contributed by atoms with van der Waals surface area (Å²) in [7, 11) is -1.29. The van der Waals surface area contributed by atoms with Crippen molar-refractivity contribution in [1.29, 1.82) is 0 Å². The Balaban J connectivity index is 1.32. The van der Waals surface area contributed by atoms with E-state index in [1.165, 1.54) is 10.9 Å². The number of aromatic nitrogens is 1. The van der Waals surface area contributed by atoms with Gasteiger partial charge in [0.1, 0.15) is 0 Å². The summed E-state index contributed by atoms with van der Waals surface area (Å²) < 4.78 is 25.1. The van der Waals surface area contributed by atoms with Crippen molar-refractivity contribution in [1.82, 2.24) is 20.5 Å². The van der Waals surface area contributed by atoms with E-state index in [0.29, 0.717) is 18.9 Å². The van der Waals surface area contributed by atoms with E-state index in [-0.39, 0.29) is 29.9 Å². The molecule has 1 amide bonds. The highest BCUT2D eigenvalue weighted by Gasteiger charge is 2.28. The van der Waals surface area contributed by atoms with Crippen LogP contribution in [-0.4, -0.2) is 62.5 Å². The van der Waals surface area contributed by atoms with Gasteiger partial charge in [-0.3, -0.25) is 9.79 Å². The average molecular weight is 420 g/mol. The lowest BCUT2D eigenvalue weighted by Crippen LogP contribution is -2.41. The molecule has 3 N–H and O–H groups in total. The molecule has 1 aliphatic heterocycles. The molecule has 1 atom stereocenters. The van der Waals surface area contributed by atoms with E-state index < -0.39 is 9.84 Å². The number of aryl methyl sites for hydroxylation is 1.